The molecule has 1 aliphatic carbocycles. The van der Waals surface area contributed by atoms with Gasteiger partial charge in [0.2, 0.25) is 0 Å². The average Bonchev–Trinajstić information content (AvgIpc) is 2.17. The van der Waals surface area contributed by atoms with E-state index < -0.39 is 0 Å². The monoisotopic (exact) mass is 201 g/mol. The van der Waals surface area contributed by atoms with Gasteiger partial charge in [-0.2, -0.15) is 0 Å². The first-order chi connectivity index (χ1) is 7.09. The summed E-state index contributed by atoms with van der Waals surface area (Å²) in [6.07, 6.45) is 2.45. The van der Waals surface area contributed by atoms with Crippen LogP contribution in [0.25, 0.3) is 5.57 Å². The zero-order valence-corrected chi connectivity index (χ0v) is 10.1. The molecule has 0 unspecified atom stereocenters. The molecule has 0 spiro atoms. The molecule has 1 atom stereocenters. The summed E-state index contributed by atoms with van der Waals surface area (Å²) >= 11 is 0. The van der Waals surface area contributed by atoms with Gasteiger partial charge < -0.3 is 0 Å². The van der Waals surface area contributed by atoms with Crippen LogP contribution in [0.2, 0.25) is 0 Å². The molecular weight excluding hydrogens is 182 g/mol. The third-order valence-electron chi connectivity index (χ3n) is 3.31. The van der Waals surface area contributed by atoms with E-state index in [-0.39, 0.29) is 0 Å². The number of allylic oxidation sites excluding steroid dienone is 2. The van der Waals surface area contributed by atoms with Gasteiger partial charge in [-0.3, -0.25) is 4.98 Å². The van der Waals surface area contributed by atoms with Gasteiger partial charge in [0.25, 0.3) is 0 Å². The molecule has 15 heavy (non-hydrogen) atoms. The molecule has 1 heteroatoms. The lowest BCUT2D eigenvalue weighted by Gasteiger charge is -2.25. The minimum atomic E-state index is 0.663. The van der Waals surface area contributed by atoms with E-state index in [9.17, 15) is 0 Å². The lowest BCUT2D eigenvalue weighted by atomic mass is 9.82. The van der Waals surface area contributed by atoms with Crippen LogP contribution >= 0.6 is 0 Å². The van der Waals surface area contributed by atoms with E-state index >= 15 is 0 Å². The lowest BCUT2D eigenvalue weighted by molar-refractivity contribution is 0.664. The third kappa shape index (κ3) is 1.83. The second kappa shape index (κ2) is 3.80. The zero-order chi connectivity index (χ0) is 11.0. The van der Waals surface area contributed by atoms with Crippen LogP contribution in [-0.4, -0.2) is 4.98 Å². The predicted molar refractivity (Wildman–Crippen MR) is 64.9 cm³/mol. The summed E-state index contributed by atoms with van der Waals surface area (Å²) in [5, 5.41) is 0. The van der Waals surface area contributed by atoms with Crippen molar-refractivity contribution in [1.82, 2.24) is 4.98 Å². The number of nitrogens with zero attached hydrogens (tertiary/aromatic N) is 1. The van der Waals surface area contributed by atoms with Crippen molar-refractivity contribution in [1.29, 1.82) is 0 Å². The molecule has 0 bridgehead atoms. The predicted octanol–water partition coefficient (Wildman–Crippen LogP) is 4.08. The molecule has 0 aromatic carbocycles. The maximum Gasteiger partial charge on any atom is 0.0698 e. The Morgan fingerprint density at radius 3 is 2.73 bits per heavy atom. The molecule has 2 rings (SSSR count). The van der Waals surface area contributed by atoms with E-state index in [0.29, 0.717) is 5.92 Å². The van der Waals surface area contributed by atoms with Gasteiger partial charge in [0.05, 0.1) is 5.69 Å². The van der Waals surface area contributed by atoms with Gasteiger partial charge in [0.1, 0.15) is 0 Å². The molecule has 0 amide bonds. The number of hydrogen-bond acceptors (Lipinski definition) is 1. The van der Waals surface area contributed by atoms with Crippen LogP contribution in [0.15, 0.2) is 17.7 Å². The Kier molecular flexibility index (Phi) is 2.64. The quantitative estimate of drug-likeness (QED) is 0.616. The van der Waals surface area contributed by atoms with Crippen molar-refractivity contribution in [3.8, 4) is 0 Å². The SMILES string of the molecule is CC(C)=C1CC[C@@H](C)c2ccc(C)nc21. The second-order valence-electron chi connectivity index (χ2n) is 4.81. The first-order valence-electron chi connectivity index (χ1n) is 5.74. The molecule has 1 aliphatic rings. The summed E-state index contributed by atoms with van der Waals surface area (Å²) in [5.74, 6) is 0.663. The number of hydrogen-bond donors (Lipinski definition) is 0. The third-order valence-corrected chi connectivity index (χ3v) is 3.31. The highest BCUT2D eigenvalue weighted by molar-refractivity contribution is 5.70. The lowest BCUT2D eigenvalue weighted by Crippen LogP contribution is -2.09. The summed E-state index contributed by atoms with van der Waals surface area (Å²) < 4.78 is 0. The number of aromatic nitrogens is 1. The van der Waals surface area contributed by atoms with Crippen LogP contribution in [0.1, 0.15) is 56.5 Å². The topological polar surface area (TPSA) is 12.9 Å². The first kappa shape index (κ1) is 10.4. The van der Waals surface area contributed by atoms with Gasteiger partial charge in [-0.25, -0.2) is 0 Å². The van der Waals surface area contributed by atoms with Crippen LogP contribution < -0.4 is 0 Å². The largest absolute Gasteiger partial charge is 0.253 e. The van der Waals surface area contributed by atoms with Crippen molar-refractivity contribution in [2.45, 2.75) is 46.5 Å². The zero-order valence-electron chi connectivity index (χ0n) is 10.1. The Balaban J connectivity index is 2.62. The van der Waals surface area contributed by atoms with E-state index in [1.54, 1.807) is 0 Å². The van der Waals surface area contributed by atoms with E-state index in [0.717, 1.165) is 5.69 Å². The van der Waals surface area contributed by atoms with Crippen molar-refractivity contribution >= 4 is 5.57 Å². The Hall–Kier alpha value is -1.11. The minimum absolute atomic E-state index is 0.663. The molecule has 0 radical (unpaired) electrons. The fourth-order valence-corrected chi connectivity index (χ4v) is 2.33. The van der Waals surface area contributed by atoms with Crippen molar-refractivity contribution in [2.75, 3.05) is 0 Å². The fraction of sp³-hybridized carbons (Fsp3) is 0.500. The van der Waals surface area contributed by atoms with E-state index in [1.807, 2.05) is 0 Å². The molecule has 0 saturated carbocycles. The highest BCUT2D eigenvalue weighted by atomic mass is 14.7. The number of rotatable bonds is 0. The van der Waals surface area contributed by atoms with Gasteiger partial charge in [0.15, 0.2) is 0 Å². The molecule has 1 nitrogen and oxygen atoms in total. The summed E-state index contributed by atoms with van der Waals surface area (Å²) in [4.78, 5) is 4.71. The standard InChI is InChI=1S/C14H19N/c1-9(2)12-7-5-10(3)13-8-6-11(4)15-14(12)13/h6,8,10H,5,7H2,1-4H3/t10-/m1/s1. The Bertz CT molecular complexity index is 411. The van der Waals surface area contributed by atoms with E-state index in [2.05, 4.69) is 39.8 Å². The highest BCUT2D eigenvalue weighted by Gasteiger charge is 2.21. The fourth-order valence-electron chi connectivity index (χ4n) is 2.33. The van der Waals surface area contributed by atoms with Crippen LogP contribution in [0.3, 0.4) is 0 Å². The van der Waals surface area contributed by atoms with Gasteiger partial charge in [-0.15, -0.1) is 0 Å². The van der Waals surface area contributed by atoms with Gasteiger partial charge in [0, 0.05) is 5.69 Å². The molecule has 0 aliphatic heterocycles. The Morgan fingerprint density at radius 1 is 1.33 bits per heavy atom. The van der Waals surface area contributed by atoms with Gasteiger partial charge in [-0.05, 0) is 56.7 Å². The van der Waals surface area contributed by atoms with Crippen molar-refractivity contribution in [3.63, 3.8) is 0 Å². The number of fused-ring (bicyclic) bond motifs is 1. The highest BCUT2D eigenvalue weighted by Crippen LogP contribution is 2.38. The minimum Gasteiger partial charge on any atom is -0.253 e. The van der Waals surface area contributed by atoms with E-state index in [4.69, 9.17) is 4.98 Å². The maximum absolute atomic E-state index is 4.71. The van der Waals surface area contributed by atoms with Gasteiger partial charge >= 0.3 is 0 Å². The molecule has 0 saturated heterocycles. The molecule has 1 heterocycles. The second-order valence-corrected chi connectivity index (χ2v) is 4.81. The number of pyridine rings is 1. The summed E-state index contributed by atoms with van der Waals surface area (Å²) in [6, 6.07) is 4.38. The van der Waals surface area contributed by atoms with Crippen LogP contribution in [0.4, 0.5) is 0 Å². The molecule has 80 valence electrons. The maximum atomic E-state index is 4.71. The van der Waals surface area contributed by atoms with Crippen LogP contribution in [0.5, 0.6) is 0 Å². The average molecular weight is 201 g/mol. The molecule has 1 aromatic rings. The molecule has 0 fully saturated rings. The van der Waals surface area contributed by atoms with Crippen molar-refractivity contribution in [3.05, 3.63) is 34.7 Å². The Labute approximate surface area is 92.2 Å². The smallest absolute Gasteiger partial charge is 0.0698 e. The molecular formula is C14H19N. The molecule has 1 aromatic heterocycles. The number of aryl methyl sites for hydroxylation is 1. The van der Waals surface area contributed by atoms with Crippen molar-refractivity contribution in [2.24, 2.45) is 0 Å². The summed E-state index contributed by atoms with van der Waals surface area (Å²) in [5.41, 5.74) is 6.70. The van der Waals surface area contributed by atoms with E-state index in [1.165, 1.54) is 35.2 Å². The Morgan fingerprint density at radius 2 is 2.07 bits per heavy atom. The normalized spacial score (nSPS) is 20.0. The first-order valence-corrected chi connectivity index (χ1v) is 5.74. The van der Waals surface area contributed by atoms with Crippen LogP contribution in [-0.2, 0) is 0 Å². The van der Waals surface area contributed by atoms with Gasteiger partial charge in [-0.1, -0.05) is 18.6 Å². The van der Waals surface area contributed by atoms with Crippen LogP contribution in [0, 0.1) is 6.92 Å². The summed E-state index contributed by atoms with van der Waals surface area (Å²) in [6.45, 7) is 8.76. The molecule has 0 N–H and O–H groups in total. The summed E-state index contributed by atoms with van der Waals surface area (Å²) in [7, 11) is 0. The van der Waals surface area contributed by atoms with Crippen molar-refractivity contribution < 1.29 is 0 Å².